The van der Waals surface area contributed by atoms with Gasteiger partial charge in [0.15, 0.2) is 0 Å². The van der Waals surface area contributed by atoms with Crippen molar-refractivity contribution in [2.24, 2.45) is 0 Å². The minimum atomic E-state index is 0. The average Bonchev–Trinajstić information content (AvgIpc) is 2.93. The fraction of sp³-hybridized carbons (Fsp3) is 0.400. The zero-order chi connectivity index (χ0) is 13.7. The van der Waals surface area contributed by atoms with Gasteiger partial charge in [0.2, 0.25) is 0 Å². The van der Waals surface area contributed by atoms with Gasteiger partial charge in [0.25, 0.3) is 0 Å². The second-order valence-corrected chi connectivity index (χ2v) is 4.64. The number of halogens is 1. The molecule has 2 aromatic rings. The van der Waals surface area contributed by atoms with E-state index in [4.69, 9.17) is 4.74 Å². The molecule has 20 heavy (non-hydrogen) atoms. The summed E-state index contributed by atoms with van der Waals surface area (Å²) >= 11 is 0. The number of aromatic nitrogens is 2. The van der Waals surface area contributed by atoms with Crippen molar-refractivity contribution in [3.63, 3.8) is 0 Å². The second-order valence-electron chi connectivity index (χ2n) is 4.64. The highest BCUT2D eigenvalue weighted by Crippen LogP contribution is 2.15. The lowest BCUT2D eigenvalue weighted by Gasteiger charge is -2.09. The predicted octanol–water partition coefficient (Wildman–Crippen LogP) is 3.90. The van der Waals surface area contributed by atoms with Crippen molar-refractivity contribution in [2.75, 3.05) is 12.4 Å². The molecule has 0 fully saturated rings. The van der Waals surface area contributed by atoms with Gasteiger partial charge in [-0.2, -0.15) is 5.10 Å². The lowest BCUT2D eigenvalue weighted by atomic mass is 10.2. The van der Waals surface area contributed by atoms with Crippen LogP contribution in [0, 0.1) is 0 Å². The molecular weight excluding hydrogens is 274 g/mol. The third-order valence-corrected chi connectivity index (χ3v) is 3.26. The van der Waals surface area contributed by atoms with E-state index in [0.717, 1.165) is 24.5 Å². The van der Waals surface area contributed by atoms with E-state index < -0.39 is 0 Å². The monoisotopic (exact) mass is 295 g/mol. The van der Waals surface area contributed by atoms with E-state index >= 15 is 0 Å². The first-order valence-corrected chi connectivity index (χ1v) is 6.65. The van der Waals surface area contributed by atoms with Crippen LogP contribution in [0.1, 0.15) is 31.9 Å². The van der Waals surface area contributed by atoms with Crippen LogP contribution in [0.5, 0.6) is 5.75 Å². The van der Waals surface area contributed by atoms with Crippen molar-refractivity contribution < 1.29 is 4.74 Å². The summed E-state index contributed by atoms with van der Waals surface area (Å²) < 4.78 is 7.20. The molecule has 1 unspecified atom stereocenters. The van der Waals surface area contributed by atoms with Crippen LogP contribution in [0.3, 0.4) is 0 Å². The number of nitrogens with one attached hydrogen (secondary N) is 1. The Morgan fingerprint density at radius 1 is 1.35 bits per heavy atom. The van der Waals surface area contributed by atoms with Crippen LogP contribution < -0.4 is 10.1 Å². The van der Waals surface area contributed by atoms with Gasteiger partial charge < -0.3 is 10.1 Å². The standard InChI is InChI=1S/C15H21N3O.ClH/c1-4-12(2)18-9-8-15(17-18)16-11-13-6-5-7-14(10-13)19-3;/h5-10,12H,4,11H2,1-3H3,(H,16,17);1H. The first-order chi connectivity index (χ1) is 9.22. The van der Waals surface area contributed by atoms with Crippen molar-refractivity contribution >= 4 is 18.2 Å². The van der Waals surface area contributed by atoms with E-state index in [2.05, 4.69) is 30.3 Å². The second kappa shape index (κ2) is 7.80. The number of benzene rings is 1. The van der Waals surface area contributed by atoms with Crippen LogP contribution in [0.25, 0.3) is 0 Å². The Hall–Kier alpha value is -1.68. The molecule has 1 atom stereocenters. The van der Waals surface area contributed by atoms with Gasteiger partial charge in [0.05, 0.1) is 7.11 Å². The zero-order valence-electron chi connectivity index (χ0n) is 12.2. The fourth-order valence-corrected chi connectivity index (χ4v) is 1.84. The topological polar surface area (TPSA) is 39.1 Å². The molecule has 2 rings (SSSR count). The van der Waals surface area contributed by atoms with Gasteiger partial charge >= 0.3 is 0 Å². The minimum Gasteiger partial charge on any atom is -0.497 e. The highest BCUT2D eigenvalue weighted by Gasteiger charge is 2.04. The summed E-state index contributed by atoms with van der Waals surface area (Å²) in [7, 11) is 1.68. The van der Waals surface area contributed by atoms with Crippen LogP contribution in [0.2, 0.25) is 0 Å². The summed E-state index contributed by atoms with van der Waals surface area (Å²) in [5.74, 6) is 1.78. The normalized spacial score (nSPS) is 11.6. The molecule has 1 aromatic carbocycles. The van der Waals surface area contributed by atoms with Crippen LogP contribution in [-0.2, 0) is 6.54 Å². The van der Waals surface area contributed by atoms with Crippen molar-refractivity contribution in [3.05, 3.63) is 42.1 Å². The Kier molecular flexibility index (Phi) is 6.39. The highest BCUT2D eigenvalue weighted by atomic mass is 35.5. The highest BCUT2D eigenvalue weighted by molar-refractivity contribution is 5.85. The van der Waals surface area contributed by atoms with E-state index in [1.807, 2.05) is 35.1 Å². The maximum Gasteiger partial charge on any atom is 0.148 e. The van der Waals surface area contributed by atoms with E-state index in [9.17, 15) is 0 Å². The Morgan fingerprint density at radius 3 is 2.85 bits per heavy atom. The molecule has 1 aromatic heterocycles. The quantitative estimate of drug-likeness (QED) is 0.878. The number of methoxy groups -OCH3 is 1. The molecule has 0 aliphatic heterocycles. The SMILES string of the molecule is CCC(C)n1ccc(NCc2cccc(OC)c2)n1.Cl. The van der Waals surface area contributed by atoms with Gasteiger partial charge in [-0.05, 0) is 31.0 Å². The predicted molar refractivity (Wildman–Crippen MR) is 84.8 cm³/mol. The van der Waals surface area contributed by atoms with Crippen molar-refractivity contribution in [1.82, 2.24) is 9.78 Å². The van der Waals surface area contributed by atoms with Gasteiger partial charge in [-0.25, -0.2) is 0 Å². The van der Waals surface area contributed by atoms with Gasteiger partial charge in [0.1, 0.15) is 11.6 Å². The summed E-state index contributed by atoms with van der Waals surface area (Å²) in [6, 6.07) is 10.5. The lowest BCUT2D eigenvalue weighted by Crippen LogP contribution is -2.06. The number of hydrogen-bond acceptors (Lipinski definition) is 3. The maximum absolute atomic E-state index is 5.21. The van der Waals surface area contributed by atoms with Gasteiger partial charge in [-0.15, -0.1) is 12.4 Å². The molecular formula is C15H22ClN3O. The zero-order valence-corrected chi connectivity index (χ0v) is 13.0. The largest absolute Gasteiger partial charge is 0.497 e. The molecule has 0 aliphatic carbocycles. The van der Waals surface area contributed by atoms with E-state index in [0.29, 0.717) is 6.04 Å². The molecule has 0 bridgehead atoms. The van der Waals surface area contributed by atoms with Crippen molar-refractivity contribution in [3.8, 4) is 5.75 Å². The molecule has 0 spiro atoms. The third-order valence-electron chi connectivity index (χ3n) is 3.26. The Labute approximate surface area is 126 Å². The number of nitrogens with zero attached hydrogens (tertiary/aromatic N) is 2. The van der Waals surface area contributed by atoms with Crippen LogP contribution >= 0.6 is 12.4 Å². The summed E-state index contributed by atoms with van der Waals surface area (Å²) in [5, 5.41) is 7.84. The molecule has 1 N–H and O–H groups in total. The summed E-state index contributed by atoms with van der Waals surface area (Å²) in [6.07, 6.45) is 3.10. The Morgan fingerprint density at radius 2 is 2.15 bits per heavy atom. The lowest BCUT2D eigenvalue weighted by molar-refractivity contribution is 0.414. The van der Waals surface area contributed by atoms with E-state index in [1.54, 1.807) is 7.11 Å². The Bertz CT molecular complexity index is 527. The molecule has 110 valence electrons. The third kappa shape index (κ3) is 4.17. The molecule has 4 nitrogen and oxygen atoms in total. The molecule has 0 aliphatic rings. The van der Waals surface area contributed by atoms with E-state index in [-0.39, 0.29) is 12.4 Å². The van der Waals surface area contributed by atoms with Gasteiger partial charge in [-0.1, -0.05) is 19.1 Å². The minimum absolute atomic E-state index is 0. The number of ether oxygens (including phenoxy) is 1. The number of anilines is 1. The van der Waals surface area contributed by atoms with Crippen LogP contribution in [-0.4, -0.2) is 16.9 Å². The summed E-state index contributed by atoms with van der Waals surface area (Å²) in [4.78, 5) is 0. The van der Waals surface area contributed by atoms with Gasteiger partial charge in [-0.3, -0.25) is 4.68 Å². The number of rotatable bonds is 6. The molecule has 0 saturated heterocycles. The van der Waals surface area contributed by atoms with Crippen LogP contribution in [0.4, 0.5) is 5.82 Å². The number of hydrogen-bond donors (Lipinski definition) is 1. The van der Waals surface area contributed by atoms with Crippen molar-refractivity contribution in [1.29, 1.82) is 0 Å². The van der Waals surface area contributed by atoms with E-state index in [1.165, 1.54) is 5.56 Å². The van der Waals surface area contributed by atoms with Crippen molar-refractivity contribution in [2.45, 2.75) is 32.9 Å². The van der Waals surface area contributed by atoms with Gasteiger partial charge in [0, 0.05) is 24.8 Å². The molecule has 0 amide bonds. The summed E-state index contributed by atoms with van der Waals surface area (Å²) in [5.41, 5.74) is 1.18. The first-order valence-electron chi connectivity index (χ1n) is 6.65. The maximum atomic E-state index is 5.21. The molecule has 5 heteroatoms. The summed E-state index contributed by atoms with van der Waals surface area (Å²) in [6.45, 7) is 5.07. The molecule has 0 saturated carbocycles. The first kappa shape index (κ1) is 16.4. The smallest absolute Gasteiger partial charge is 0.148 e. The Balaban J connectivity index is 0.00000200. The molecule has 0 radical (unpaired) electrons. The molecule has 1 heterocycles. The average molecular weight is 296 g/mol. The van der Waals surface area contributed by atoms with Crippen LogP contribution in [0.15, 0.2) is 36.5 Å². The fourth-order valence-electron chi connectivity index (χ4n) is 1.84.